The minimum absolute atomic E-state index is 0.612. The summed E-state index contributed by atoms with van der Waals surface area (Å²) in [6.45, 7) is 0.612. The second kappa shape index (κ2) is 3.12. The van der Waals surface area contributed by atoms with Crippen molar-refractivity contribution in [1.82, 2.24) is 0 Å². The van der Waals surface area contributed by atoms with Gasteiger partial charge in [0.1, 0.15) is 0 Å². The van der Waals surface area contributed by atoms with Crippen LogP contribution in [-0.2, 0) is 10.8 Å². The zero-order valence-electron chi connectivity index (χ0n) is 4.20. The van der Waals surface area contributed by atoms with Gasteiger partial charge in [-0.05, 0) is 24.4 Å². The largest absolute Gasteiger partial charge is 0.313 e. The fourth-order valence-corrected chi connectivity index (χ4v) is 1.30. The standard InChI is InChI=1S/C5H6OS2/c7-6-4-5-2-1-3-8-5/h1-3,7H,4H2. The van der Waals surface area contributed by atoms with E-state index in [4.69, 9.17) is 0 Å². The maximum atomic E-state index is 4.59. The number of hydrogen-bond donors (Lipinski definition) is 1. The Morgan fingerprint density at radius 2 is 2.62 bits per heavy atom. The molecule has 0 aliphatic rings. The maximum absolute atomic E-state index is 4.59. The van der Waals surface area contributed by atoms with Crippen LogP contribution < -0.4 is 0 Å². The lowest BCUT2D eigenvalue weighted by Crippen LogP contribution is -1.73. The second-order valence-corrected chi connectivity index (χ2v) is 2.64. The van der Waals surface area contributed by atoms with Crippen LogP contribution in [0.15, 0.2) is 17.5 Å². The molecule has 1 aromatic rings. The van der Waals surface area contributed by atoms with Crippen molar-refractivity contribution in [2.45, 2.75) is 6.61 Å². The highest BCUT2D eigenvalue weighted by molar-refractivity contribution is 7.75. The van der Waals surface area contributed by atoms with Gasteiger partial charge in [0.15, 0.2) is 0 Å². The Hall–Kier alpha value is 0.01000. The van der Waals surface area contributed by atoms with Crippen LogP contribution in [0.2, 0.25) is 0 Å². The van der Waals surface area contributed by atoms with E-state index in [1.54, 1.807) is 11.3 Å². The van der Waals surface area contributed by atoms with Crippen molar-refractivity contribution in [2.75, 3.05) is 0 Å². The summed E-state index contributed by atoms with van der Waals surface area (Å²) in [5, 5.41) is 2.02. The molecule has 1 rings (SSSR count). The molecular weight excluding hydrogens is 140 g/mol. The topological polar surface area (TPSA) is 9.23 Å². The van der Waals surface area contributed by atoms with E-state index in [2.05, 4.69) is 17.1 Å². The van der Waals surface area contributed by atoms with Gasteiger partial charge in [-0.25, -0.2) is 0 Å². The molecule has 0 spiro atoms. The summed E-state index contributed by atoms with van der Waals surface area (Å²) in [7, 11) is 0. The number of rotatable bonds is 2. The lowest BCUT2D eigenvalue weighted by molar-refractivity contribution is 0.376. The first-order chi connectivity index (χ1) is 3.93. The van der Waals surface area contributed by atoms with Crippen LogP contribution in [0, 0.1) is 0 Å². The van der Waals surface area contributed by atoms with Gasteiger partial charge in [-0.3, -0.25) is 0 Å². The van der Waals surface area contributed by atoms with E-state index in [9.17, 15) is 0 Å². The quantitative estimate of drug-likeness (QED) is 0.496. The van der Waals surface area contributed by atoms with Crippen LogP contribution in [0.1, 0.15) is 4.88 Å². The van der Waals surface area contributed by atoms with Crippen LogP contribution in [0.3, 0.4) is 0 Å². The van der Waals surface area contributed by atoms with Crippen molar-refractivity contribution in [3.05, 3.63) is 22.4 Å². The molecule has 1 aromatic heterocycles. The first kappa shape index (κ1) is 6.13. The van der Waals surface area contributed by atoms with Crippen LogP contribution in [0.25, 0.3) is 0 Å². The van der Waals surface area contributed by atoms with Crippen LogP contribution in [0.4, 0.5) is 0 Å². The van der Waals surface area contributed by atoms with Crippen molar-refractivity contribution in [1.29, 1.82) is 0 Å². The third-order valence-electron chi connectivity index (χ3n) is 0.787. The molecule has 44 valence electrons. The van der Waals surface area contributed by atoms with Crippen LogP contribution >= 0.6 is 24.2 Å². The molecule has 3 heteroatoms. The summed E-state index contributed by atoms with van der Waals surface area (Å²) >= 11 is 5.29. The second-order valence-electron chi connectivity index (χ2n) is 1.35. The fourth-order valence-electron chi connectivity index (χ4n) is 0.458. The van der Waals surface area contributed by atoms with Gasteiger partial charge < -0.3 is 4.18 Å². The Balaban J connectivity index is 2.50. The van der Waals surface area contributed by atoms with E-state index in [0.717, 1.165) is 0 Å². The molecule has 1 nitrogen and oxygen atoms in total. The Kier molecular flexibility index (Phi) is 2.39. The molecule has 0 amide bonds. The van der Waals surface area contributed by atoms with Gasteiger partial charge in [0.2, 0.25) is 0 Å². The average molecular weight is 146 g/mol. The summed E-state index contributed by atoms with van der Waals surface area (Å²) in [6, 6.07) is 4.01. The molecular formula is C5H6OS2. The molecule has 0 atom stereocenters. The molecule has 0 aromatic carbocycles. The molecule has 8 heavy (non-hydrogen) atoms. The molecule has 0 unspecified atom stereocenters. The minimum atomic E-state index is 0.612. The molecule has 0 fully saturated rings. The summed E-state index contributed by atoms with van der Waals surface area (Å²) in [4.78, 5) is 1.21. The number of thiol groups is 1. The zero-order chi connectivity index (χ0) is 5.82. The predicted molar refractivity (Wildman–Crippen MR) is 38.1 cm³/mol. The predicted octanol–water partition coefficient (Wildman–Crippen LogP) is 2.11. The molecule has 0 saturated heterocycles. The van der Waals surface area contributed by atoms with Crippen molar-refractivity contribution < 1.29 is 4.18 Å². The summed E-state index contributed by atoms with van der Waals surface area (Å²) in [5.74, 6) is 0. The SMILES string of the molecule is SOCc1cccs1. The van der Waals surface area contributed by atoms with E-state index >= 15 is 0 Å². The normalized spacial score (nSPS) is 9.62. The van der Waals surface area contributed by atoms with E-state index < -0.39 is 0 Å². The maximum Gasteiger partial charge on any atom is 0.0953 e. The molecule has 0 aliphatic heterocycles. The summed E-state index contributed by atoms with van der Waals surface area (Å²) < 4.78 is 4.59. The fraction of sp³-hybridized carbons (Fsp3) is 0.200. The highest BCUT2D eigenvalue weighted by Crippen LogP contribution is 2.09. The highest BCUT2D eigenvalue weighted by atomic mass is 32.1. The van der Waals surface area contributed by atoms with Crippen molar-refractivity contribution in [3.8, 4) is 0 Å². The van der Waals surface area contributed by atoms with E-state index in [1.807, 2.05) is 17.5 Å². The zero-order valence-corrected chi connectivity index (χ0v) is 5.91. The van der Waals surface area contributed by atoms with Gasteiger partial charge in [-0.15, -0.1) is 11.3 Å². The molecule has 0 aliphatic carbocycles. The smallest absolute Gasteiger partial charge is 0.0953 e. The van der Waals surface area contributed by atoms with E-state index in [-0.39, 0.29) is 0 Å². The van der Waals surface area contributed by atoms with E-state index in [1.165, 1.54) is 4.88 Å². The number of hydrogen-bond acceptors (Lipinski definition) is 3. The van der Waals surface area contributed by atoms with Crippen molar-refractivity contribution in [2.24, 2.45) is 0 Å². The van der Waals surface area contributed by atoms with Crippen molar-refractivity contribution >= 4 is 24.2 Å². The van der Waals surface area contributed by atoms with E-state index in [0.29, 0.717) is 6.61 Å². The lowest BCUT2D eigenvalue weighted by atomic mass is 10.5. The van der Waals surface area contributed by atoms with Gasteiger partial charge in [-0.2, -0.15) is 0 Å². The Bertz CT molecular complexity index is 136. The van der Waals surface area contributed by atoms with Gasteiger partial charge >= 0.3 is 0 Å². The molecule has 1 heterocycles. The van der Waals surface area contributed by atoms with Gasteiger partial charge in [0, 0.05) is 4.88 Å². The Labute approximate surface area is 57.9 Å². The van der Waals surface area contributed by atoms with Crippen LogP contribution in [0.5, 0.6) is 0 Å². The van der Waals surface area contributed by atoms with Gasteiger partial charge in [-0.1, -0.05) is 6.07 Å². The Morgan fingerprint density at radius 1 is 1.75 bits per heavy atom. The average Bonchev–Trinajstić information content (AvgIpc) is 2.19. The third kappa shape index (κ3) is 1.51. The minimum Gasteiger partial charge on any atom is -0.313 e. The highest BCUT2D eigenvalue weighted by Gasteiger charge is 1.88. The third-order valence-corrected chi connectivity index (χ3v) is 1.77. The van der Waals surface area contributed by atoms with Crippen molar-refractivity contribution in [3.63, 3.8) is 0 Å². The number of thiophene rings is 1. The molecule has 0 radical (unpaired) electrons. The molecule has 0 bridgehead atoms. The van der Waals surface area contributed by atoms with Crippen LogP contribution in [-0.4, -0.2) is 0 Å². The Morgan fingerprint density at radius 3 is 3.12 bits per heavy atom. The summed E-state index contributed by atoms with van der Waals surface area (Å²) in [6.07, 6.45) is 0. The lowest BCUT2D eigenvalue weighted by Gasteiger charge is -1.87. The van der Waals surface area contributed by atoms with Gasteiger partial charge in [0.05, 0.1) is 6.61 Å². The molecule has 0 saturated carbocycles. The first-order valence-corrected chi connectivity index (χ1v) is 3.46. The first-order valence-electron chi connectivity index (χ1n) is 2.22. The monoisotopic (exact) mass is 146 g/mol. The summed E-state index contributed by atoms with van der Waals surface area (Å²) in [5.41, 5.74) is 0. The van der Waals surface area contributed by atoms with Gasteiger partial charge in [0.25, 0.3) is 0 Å². The molecule has 0 N–H and O–H groups in total.